The Bertz CT molecular complexity index is 411. The molecule has 1 aliphatic rings. The van der Waals surface area contributed by atoms with Crippen molar-refractivity contribution in [1.29, 1.82) is 0 Å². The van der Waals surface area contributed by atoms with E-state index >= 15 is 0 Å². The third kappa shape index (κ3) is 2.27. The smallest absolute Gasteiger partial charge is 0.182 e. The number of rotatable bonds is 4. The third-order valence-corrected chi connectivity index (χ3v) is 2.59. The van der Waals surface area contributed by atoms with Gasteiger partial charge in [-0.2, -0.15) is 0 Å². The highest BCUT2D eigenvalue weighted by Gasteiger charge is 2.29. The summed E-state index contributed by atoms with van der Waals surface area (Å²) < 4.78 is 11.3. The van der Waals surface area contributed by atoms with E-state index in [0.29, 0.717) is 11.5 Å². The molecule has 4 heteroatoms. The summed E-state index contributed by atoms with van der Waals surface area (Å²) in [6, 6.07) is 5.61. The number of hydrogen-bond donors (Lipinski definition) is 0. The van der Waals surface area contributed by atoms with Crippen molar-refractivity contribution in [3.05, 3.63) is 29.0 Å². The molecule has 1 aromatic carbocycles. The maximum Gasteiger partial charge on any atom is 0.182 e. The average Bonchev–Trinajstić information content (AvgIpc) is 3.12. The van der Waals surface area contributed by atoms with E-state index < -0.39 is 0 Å². The maximum atomic E-state index is 11.5. The van der Waals surface area contributed by atoms with Crippen LogP contribution in [0.25, 0.3) is 0 Å². The first-order valence-corrected chi connectivity index (χ1v) is 5.27. The van der Waals surface area contributed by atoms with Crippen molar-refractivity contribution >= 4 is 6.21 Å². The molecule has 0 aliphatic heterocycles. The zero-order valence-electron chi connectivity index (χ0n) is 9.47. The molecule has 2 rings (SSSR count). The summed E-state index contributed by atoms with van der Waals surface area (Å²) in [7, 11) is 3.17. The van der Waals surface area contributed by atoms with E-state index in [9.17, 15) is 5.21 Å². The van der Waals surface area contributed by atoms with Gasteiger partial charge in [0.2, 0.25) is 0 Å². The molecule has 0 atom stereocenters. The summed E-state index contributed by atoms with van der Waals surface area (Å²) >= 11 is 0. The first-order valence-electron chi connectivity index (χ1n) is 5.27. The highest BCUT2D eigenvalue weighted by molar-refractivity contribution is 5.77. The zero-order valence-corrected chi connectivity index (χ0v) is 9.47. The molecule has 0 unspecified atom stereocenters. The van der Waals surface area contributed by atoms with Crippen molar-refractivity contribution in [2.24, 2.45) is 0 Å². The van der Waals surface area contributed by atoms with E-state index in [2.05, 4.69) is 0 Å². The van der Waals surface area contributed by atoms with Crippen LogP contribution >= 0.6 is 0 Å². The summed E-state index contributed by atoms with van der Waals surface area (Å²) in [6.45, 7) is 0. The fourth-order valence-electron chi connectivity index (χ4n) is 1.51. The number of methoxy groups -OCH3 is 2. The Labute approximate surface area is 94.7 Å². The summed E-state index contributed by atoms with van der Waals surface area (Å²) in [5.74, 6) is 1.31. The third-order valence-electron chi connectivity index (χ3n) is 2.59. The van der Waals surface area contributed by atoms with Gasteiger partial charge in [0.1, 0.15) is 0 Å². The van der Waals surface area contributed by atoms with Crippen LogP contribution in [0.15, 0.2) is 18.2 Å². The first-order chi connectivity index (χ1) is 7.74. The summed E-state index contributed by atoms with van der Waals surface area (Å²) in [6.07, 6.45) is 3.58. The van der Waals surface area contributed by atoms with E-state index in [-0.39, 0.29) is 6.04 Å². The summed E-state index contributed by atoms with van der Waals surface area (Å²) in [5, 5.41) is 11.5. The molecule has 86 valence electrons. The van der Waals surface area contributed by atoms with Crippen molar-refractivity contribution in [2.75, 3.05) is 14.2 Å². The molecule has 1 saturated carbocycles. The van der Waals surface area contributed by atoms with Gasteiger partial charge >= 0.3 is 0 Å². The van der Waals surface area contributed by atoms with Gasteiger partial charge in [0, 0.05) is 18.4 Å². The van der Waals surface area contributed by atoms with Crippen LogP contribution in [0, 0.1) is 5.21 Å². The minimum atomic E-state index is 0.174. The van der Waals surface area contributed by atoms with E-state index in [0.717, 1.165) is 23.1 Å². The van der Waals surface area contributed by atoms with Crippen LogP contribution in [0.5, 0.6) is 11.5 Å². The van der Waals surface area contributed by atoms with E-state index in [4.69, 9.17) is 9.47 Å². The molecule has 0 saturated heterocycles. The van der Waals surface area contributed by atoms with Crippen molar-refractivity contribution < 1.29 is 14.2 Å². The minimum Gasteiger partial charge on any atom is -0.624 e. The number of hydroxylamine groups is 1. The lowest BCUT2D eigenvalue weighted by molar-refractivity contribution is -0.467. The Balaban J connectivity index is 2.24. The van der Waals surface area contributed by atoms with Crippen LogP contribution in [-0.2, 0) is 0 Å². The number of benzene rings is 1. The first kappa shape index (κ1) is 10.8. The molecule has 0 N–H and O–H groups in total. The van der Waals surface area contributed by atoms with Crippen molar-refractivity contribution in [1.82, 2.24) is 0 Å². The van der Waals surface area contributed by atoms with E-state index in [1.807, 2.05) is 6.07 Å². The Morgan fingerprint density at radius 3 is 2.50 bits per heavy atom. The second-order valence-corrected chi connectivity index (χ2v) is 3.83. The van der Waals surface area contributed by atoms with Crippen LogP contribution in [0.3, 0.4) is 0 Å². The molecule has 1 aliphatic carbocycles. The highest BCUT2D eigenvalue weighted by Crippen LogP contribution is 2.27. The molecule has 0 bridgehead atoms. The van der Waals surface area contributed by atoms with Crippen molar-refractivity contribution in [2.45, 2.75) is 18.9 Å². The normalized spacial score (nSPS) is 16.0. The Morgan fingerprint density at radius 2 is 1.94 bits per heavy atom. The van der Waals surface area contributed by atoms with Crippen LogP contribution in [0.1, 0.15) is 18.4 Å². The van der Waals surface area contributed by atoms with Gasteiger partial charge in [-0.1, -0.05) is 0 Å². The molecule has 0 aromatic heterocycles. The molecule has 0 radical (unpaired) electrons. The van der Waals surface area contributed by atoms with Gasteiger partial charge in [-0.3, -0.25) is 0 Å². The predicted octanol–water partition coefficient (Wildman–Crippen LogP) is 1.80. The van der Waals surface area contributed by atoms with Crippen molar-refractivity contribution in [3.63, 3.8) is 0 Å². The molecule has 0 amide bonds. The zero-order chi connectivity index (χ0) is 11.5. The van der Waals surface area contributed by atoms with Crippen LogP contribution in [0.4, 0.5) is 0 Å². The number of nitrogens with zero attached hydrogens (tertiary/aromatic N) is 1. The summed E-state index contributed by atoms with van der Waals surface area (Å²) in [4.78, 5) is 0. The molecule has 4 nitrogen and oxygen atoms in total. The molecule has 16 heavy (non-hydrogen) atoms. The van der Waals surface area contributed by atoms with Crippen molar-refractivity contribution in [3.8, 4) is 11.5 Å². The standard InChI is InChI=1S/C12H15NO3/c1-15-11-6-3-9(7-12(11)16-2)8-13(14)10-4-5-10/h3,6-8,10H,4-5H2,1-2H3/b13-8-. The lowest BCUT2D eigenvalue weighted by atomic mass is 10.2. The number of hydrogen-bond acceptors (Lipinski definition) is 3. The second-order valence-electron chi connectivity index (χ2n) is 3.83. The lowest BCUT2D eigenvalue weighted by Crippen LogP contribution is -2.07. The second kappa shape index (κ2) is 4.43. The molecule has 1 aromatic rings. The Hall–Kier alpha value is -1.71. The summed E-state index contributed by atoms with van der Waals surface area (Å²) in [5.41, 5.74) is 0.833. The Kier molecular flexibility index (Phi) is 2.99. The molecular weight excluding hydrogens is 206 g/mol. The maximum absolute atomic E-state index is 11.5. The molecule has 1 fully saturated rings. The topological polar surface area (TPSA) is 44.5 Å². The largest absolute Gasteiger partial charge is 0.624 e. The fourth-order valence-corrected chi connectivity index (χ4v) is 1.51. The quantitative estimate of drug-likeness (QED) is 0.337. The van der Waals surface area contributed by atoms with Gasteiger partial charge in [0.15, 0.2) is 23.8 Å². The Morgan fingerprint density at radius 1 is 1.25 bits per heavy atom. The van der Waals surface area contributed by atoms with E-state index in [1.165, 1.54) is 0 Å². The van der Waals surface area contributed by atoms with Gasteiger partial charge < -0.3 is 14.7 Å². The van der Waals surface area contributed by atoms with Crippen LogP contribution < -0.4 is 9.47 Å². The molecule has 0 heterocycles. The fraction of sp³-hybridized carbons (Fsp3) is 0.417. The average molecular weight is 221 g/mol. The van der Waals surface area contributed by atoms with Crippen LogP contribution in [0.2, 0.25) is 0 Å². The predicted molar refractivity (Wildman–Crippen MR) is 61.4 cm³/mol. The monoisotopic (exact) mass is 221 g/mol. The van der Waals surface area contributed by atoms with Gasteiger partial charge in [0.25, 0.3) is 0 Å². The van der Waals surface area contributed by atoms with Gasteiger partial charge in [-0.05, 0) is 18.2 Å². The number of ether oxygens (including phenoxy) is 2. The highest BCUT2D eigenvalue weighted by atomic mass is 16.5. The van der Waals surface area contributed by atoms with Gasteiger partial charge in [-0.25, -0.2) is 4.74 Å². The van der Waals surface area contributed by atoms with Gasteiger partial charge in [0.05, 0.1) is 14.2 Å². The minimum absolute atomic E-state index is 0.174. The molecule has 0 spiro atoms. The van der Waals surface area contributed by atoms with Gasteiger partial charge in [-0.15, -0.1) is 0 Å². The lowest BCUT2D eigenvalue weighted by Gasteiger charge is -2.07. The van der Waals surface area contributed by atoms with Crippen LogP contribution in [-0.4, -0.2) is 31.2 Å². The van der Waals surface area contributed by atoms with E-state index in [1.54, 1.807) is 32.6 Å². The molecular formula is C12H15NO3. The SMILES string of the molecule is COc1ccc(/C=[N+](\[O-])C2CC2)cc1OC.